The van der Waals surface area contributed by atoms with Crippen LogP contribution in [0.3, 0.4) is 0 Å². The van der Waals surface area contributed by atoms with Crippen molar-refractivity contribution in [3.63, 3.8) is 0 Å². The summed E-state index contributed by atoms with van der Waals surface area (Å²) in [6.45, 7) is 1.86. The van der Waals surface area contributed by atoms with E-state index in [-0.39, 0.29) is 12.5 Å². The Morgan fingerprint density at radius 2 is 1.85 bits per heavy atom. The van der Waals surface area contributed by atoms with Crippen molar-refractivity contribution in [2.24, 2.45) is 0 Å². The first kappa shape index (κ1) is 21.8. The third-order valence-corrected chi connectivity index (χ3v) is 5.97. The van der Waals surface area contributed by atoms with Crippen LogP contribution in [0.1, 0.15) is 58.7 Å². The topological polar surface area (TPSA) is 87.3 Å². The molecule has 0 N–H and O–H groups in total. The summed E-state index contributed by atoms with van der Waals surface area (Å²) in [4.78, 5) is 18.3. The van der Waals surface area contributed by atoms with Crippen LogP contribution < -0.4 is 4.74 Å². The van der Waals surface area contributed by atoms with Crippen LogP contribution in [0.5, 0.6) is 5.75 Å². The second-order valence-corrected chi connectivity index (χ2v) is 8.15. The number of hydrogen-bond acceptors (Lipinski definition) is 7. The van der Waals surface area contributed by atoms with Crippen molar-refractivity contribution in [1.29, 1.82) is 0 Å². The Labute approximate surface area is 197 Å². The van der Waals surface area contributed by atoms with Gasteiger partial charge in [0.1, 0.15) is 5.75 Å². The highest BCUT2D eigenvalue weighted by atomic mass is 16.5. The predicted octanol–water partition coefficient (Wildman–Crippen LogP) is 5.42. The summed E-state index contributed by atoms with van der Waals surface area (Å²) in [5, 5.41) is 8.67. The number of methoxy groups -OCH3 is 1. The Morgan fingerprint density at radius 1 is 1.06 bits per heavy atom. The Bertz CT molecular complexity index is 1370. The molecule has 172 valence electrons. The fourth-order valence-electron chi connectivity index (χ4n) is 4.30. The number of allylic oxidation sites excluding steroid dienone is 1. The van der Waals surface area contributed by atoms with E-state index < -0.39 is 5.97 Å². The number of pyridine rings is 1. The summed E-state index contributed by atoms with van der Waals surface area (Å²) in [6, 6.07) is 15.6. The zero-order valence-corrected chi connectivity index (χ0v) is 19.2. The first-order valence-electron chi connectivity index (χ1n) is 11.4. The van der Waals surface area contributed by atoms with Crippen LogP contribution in [-0.2, 0) is 24.2 Å². The van der Waals surface area contributed by atoms with Gasteiger partial charge in [-0.3, -0.25) is 0 Å². The Hall–Kier alpha value is -4.00. The molecule has 0 saturated carbocycles. The summed E-state index contributed by atoms with van der Waals surface area (Å²) >= 11 is 0. The van der Waals surface area contributed by atoms with Crippen LogP contribution in [0.15, 0.2) is 52.9 Å². The smallest absolute Gasteiger partial charge is 0.339 e. The highest BCUT2D eigenvalue weighted by molar-refractivity contribution is 6.06. The quantitative estimate of drug-likeness (QED) is 0.359. The second kappa shape index (κ2) is 9.47. The number of ether oxygens (including phenoxy) is 2. The summed E-state index contributed by atoms with van der Waals surface area (Å²) in [7, 11) is 1.65. The number of esters is 1. The first-order chi connectivity index (χ1) is 16.7. The molecule has 0 saturated heterocycles. The lowest BCUT2D eigenvalue weighted by molar-refractivity contribution is 0.0437. The average Bonchev–Trinajstić information content (AvgIpc) is 3.35. The lowest BCUT2D eigenvalue weighted by Crippen LogP contribution is -2.15. The minimum atomic E-state index is -0.406. The molecule has 7 nitrogen and oxygen atoms in total. The molecule has 0 unspecified atom stereocenters. The van der Waals surface area contributed by atoms with Gasteiger partial charge in [-0.2, -0.15) is 0 Å². The van der Waals surface area contributed by atoms with Crippen molar-refractivity contribution in [3.05, 3.63) is 82.7 Å². The summed E-state index contributed by atoms with van der Waals surface area (Å²) in [6.07, 6.45) is 5.35. The fraction of sp³-hybridized carbons (Fsp3) is 0.259. The van der Waals surface area contributed by atoms with Crippen molar-refractivity contribution < 1.29 is 18.7 Å². The second-order valence-electron chi connectivity index (χ2n) is 8.15. The molecule has 5 rings (SSSR count). The van der Waals surface area contributed by atoms with Gasteiger partial charge in [-0.05, 0) is 60.2 Å². The van der Waals surface area contributed by atoms with Gasteiger partial charge in [-0.15, -0.1) is 10.2 Å². The normalized spacial score (nSPS) is 14.2. The maximum absolute atomic E-state index is 13.3. The standard InChI is InChI=1S/C27H25N3O4/c1-3-23-29-30-24(34-23)16-33-27(31)25-20-8-4-5-10-22(20)28-26-18(7-6-9-21(25)26)15-17-11-13-19(32-2)14-12-17/h4-5,8,10-15H,3,6-7,9,16H2,1-2H3/b18-15-. The summed E-state index contributed by atoms with van der Waals surface area (Å²) in [5.74, 6) is 1.22. The maximum Gasteiger partial charge on any atom is 0.339 e. The van der Waals surface area contributed by atoms with Crippen LogP contribution in [-0.4, -0.2) is 28.3 Å². The molecular formula is C27H25N3O4. The van der Waals surface area contributed by atoms with Crippen LogP contribution in [0, 0.1) is 0 Å². The number of rotatable bonds is 6. The number of para-hydroxylation sites is 1. The van der Waals surface area contributed by atoms with E-state index in [1.807, 2.05) is 55.5 Å². The molecule has 2 aromatic carbocycles. The van der Waals surface area contributed by atoms with Gasteiger partial charge in [0.2, 0.25) is 5.89 Å². The van der Waals surface area contributed by atoms with E-state index in [0.717, 1.165) is 58.3 Å². The van der Waals surface area contributed by atoms with Crippen molar-refractivity contribution in [2.45, 2.75) is 39.2 Å². The van der Waals surface area contributed by atoms with E-state index in [9.17, 15) is 4.79 Å². The third-order valence-electron chi connectivity index (χ3n) is 5.97. The van der Waals surface area contributed by atoms with Gasteiger partial charge in [-0.1, -0.05) is 37.3 Å². The van der Waals surface area contributed by atoms with E-state index >= 15 is 0 Å². The molecule has 34 heavy (non-hydrogen) atoms. The van der Waals surface area contributed by atoms with Gasteiger partial charge < -0.3 is 13.9 Å². The lowest BCUT2D eigenvalue weighted by atomic mass is 9.86. The zero-order chi connectivity index (χ0) is 23.5. The molecule has 0 atom stereocenters. The van der Waals surface area contributed by atoms with E-state index in [1.54, 1.807) is 7.11 Å². The highest BCUT2D eigenvalue weighted by Gasteiger charge is 2.26. The molecule has 0 spiro atoms. The molecule has 2 heterocycles. The Morgan fingerprint density at radius 3 is 2.62 bits per heavy atom. The summed E-state index contributed by atoms with van der Waals surface area (Å²) in [5.41, 5.74) is 5.28. The van der Waals surface area contributed by atoms with Crippen LogP contribution in [0.25, 0.3) is 22.6 Å². The molecule has 0 amide bonds. The number of aryl methyl sites for hydroxylation is 1. The largest absolute Gasteiger partial charge is 0.497 e. The highest BCUT2D eigenvalue weighted by Crippen LogP contribution is 2.36. The van der Waals surface area contributed by atoms with Crippen molar-refractivity contribution in [1.82, 2.24) is 15.2 Å². The molecule has 0 bridgehead atoms. The van der Waals surface area contributed by atoms with Crippen LogP contribution in [0.4, 0.5) is 0 Å². The van der Waals surface area contributed by atoms with E-state index in [0.29, 0.717) is 17.9 Å². The fourth-order valence-corrected chi connectivity index (χ4v) is 4.30. The number of benzene rings is 2. The molecular weight excluding hydrogens is 430 g/mol. The predicted molar refractivity (Wildman–Crippen MR) is 128 cm³/mol. The molecule has 0 fully saturated rings. The molecule has 7 heteroatoms. The Kier molecular flexibility index (Phi) is 6.08. The molecule has 4 aromatic rings. The number of fused-ring (bicyclic) bond motifs is 2. The molecule has 1 aliphatic rings. The Balaban J connectivity index is 1.54. The van der Waals surface area contributed by atoms with Gasteiger partial charge in [-0.25, -0.2) is 9.78 Å². The van der Waals surface area contributed by atoms with E-state index in [4.69, 9.17) is 18.9 Å². The van der Waals surface area contributed by atoms with Gasteiger partial charge in [0.25, 0.3) is 5.89 Å². The number of aromatic nitrogens is 3. The SMILES string of the molecule is CCc1nnc(COC(=O)c2c3c(nc4ccccc24)/C(=C\c2ccc(OC)cc2)CCC3)o1. The van der Waals surface area contributed by atoms with Crippen molar-refractivity contribution >= 4 is 28.5 Å². The zero-order valence-electron chi connectivity index (χ0n) is 19.2. The van der Waals surface area contributed by atoms with Crippen LogP contribution >= 0.6 is 0 Å². The van der Waals surface area contributed by atoms with E-state index in [2.05, 4.69) is 16.3 Å². The van der Waals surface area contributed by atoms with Crippen molar-refractivity contribution in [3.8, 4) is 5.75 Å². The number of hydrogen-bond donors (Lipinski definition) is 0. The lowest BCUT2D eigenvalue weighted by Gasteiger charge is -2.22. The number of carbonyl (C=O) groups excluding carboxylic acids is 1. The third kappa shape index (κ3) is 4.29. The van der Waals surface area contributed by atoms with Gasteiger partial charge in [0.15, 0.2) is 6.61 Å². The number of carbonyl (C=O) groups is 1. The average molecular weight is 456 g/mol. The minimum Gasteiger partial charge on any atom is -0.497 e. The molecule has 2 aromatic heterocycles. The minimum absolute atomic E-state index is 0.0637. The van der Waals surface area contributed by atoms with E-state index in [1.165, 1.54) is 0 Å². The first-order valence-corrected chi connectivity index (χ1v) is 11.4. The van der Waals surface area contributed by atoms with Gasteiger partial charge >= 0.3 is 5.97 Å². The van der Waals surface area contributed by atoms with Gasteiger partial charge in [0, 0.05) is 11.8 Å². The summed E-state index contributed by atoms with van der Waals surface area (Å²) < 4.78 is 16.4. The monoisotopic (exact) mass is 455 g/mol. The molecule has 0 radical (unpaired) electrons. The van der Waals surface area contributed by atoms with Crippen LogP contribution in [0.2, 0.25) is 0 Å². The van der Waals surface area contributed by atoms with Crippen molar-refractivity contribution in [2.75, 3.05) is 7.11 Å². The number of nitrogens with zero attached hydrogens (tertiary/aromatic N) is 3. The van der Waals surface area contributed by atoms with Gasteiger partial charge in [0.05, 0.1) is 23.9 Å². The molecule has 1 aliphatic carbocycles. The molecule has 0 aliphatic heterocycles. The maximum atomic E-state index is 13.3.